The molecule has 1 saturated heterocycles. The molecule has 1 aliphatic rings. The summed E-state index contributed by atoms with van der Waals surface area (Å²) < 4.78 is 43.6. The van der Waals surface area contributed by atoms with Crippen molar-refractivity contribution in [1.82, 2.24) is 9.78 Å². The number of hydrogen-bond acceptors (Lipinski definition) is 2. The molecule has 17 heavy (non-hydrogen) atoms. The van der Waals surface area contributed by atoms with Crippen LogP contribution in [0.4, 0.5) is 13.2 Å². The van der Waals surface area contributed by atoms with Crippen LogP contribution in [0.15, 0.2) is 12.3 Å². The first-order chi connectivity index (χ1) is 8.05. The molecule has 1 unspecified atom stereocenters. The molecule has 3 nitrogen and oxygen atoms in total. The van der Waals surface area contributed by atoms with Crippen LogP contribution in [0, 0.1) is 0 Å². The van der Waals surface area contributed by atoms with Crippen LogP contribution in [0.2, 0.25) is 0 Å². The van der Waals surface area contributed by atoms with E-state index >= 15 is 0 Å². The highest BCUT2D eigenvalue weighted by molar-refractivity contribution is 5.03. The van der Waals surface area contributed by atoms with Gasteiger partial charge in [0.05, 0.1) is 6.10 Å². The molecule has 1 aromatic heterocycles. The van der Waals surface area contributed by atoms with Crippen molar-refractivity contribution in [3.05, 3.63) is 18.0 Å². The highest BCUT2D eigenvalue weighted by Gasteiger charge is 2.33. The summed E-state index contributed by atoms with van der Waals surface area (Å²) >= 11 is 0. The number of hydrogen-bond donors (Lipinski definition) is 0. The van der Waals surface area contributed by atoms with Crippen molar-refractivity contribution in [2.45, 2.75) is 44.5 Å². The maximum Gasteiger partial charge on any atom is 0.435 e. The molecule has 0 spiro atoms. The van der Waals surface area contributed by atoms with Gasteiger partial charge in [0.25, 0.3) is 0 Å². The van der Waals surface area contributed by atoms with Crippen LogP contribution < -0.4 is 0 Å². The molecule has 0 N–H and O–H groups in total. The van der Waals surface area contributed by atoms with Crippen LogP contribution in [-0.2, 0) is 17.5 Å². The molecule has 1 aromatic rings. The van der Waals surface area contributed by atoms with Gasteiger partial charge in [0.1, 0.15) is 0 Å². The standard InChI is InChI=1S/C11H15F3N2O/c12-11(13,14)10-5-7-16(15-10)6-1-3-9-4-2-8-17-9/h5,7,9H,1-4,6,8H2. The van der Waals surface area contributed by atoms with Gasteiger partial charge in [0, 0.05) is 19.3 Å². The van der Waals surface area contributed by atoms with Crippen molar-refractivity contribution in [2.75, 3.05) is 6.61 Å². The van der Waals surface area contributed by atoms with Crippen LogP contribution in [0.5, 0.6) is 0 Å². The number of aromatic nitrogens is 2. The average molecular weight is 248 g/mol. The molecule has 1 fully saturated rings. The fourth-order valence-corrected chi connectivity index (χ4v) is 1.99. The van der Waals surface area contributed by atoms with E-state index in [0.29, 0.717) is 6.54 Å². The Bertz CT molecular complexity index is 356. The molecule has 2 heterocycles. The Morgan fingerprint density at radius 3 is 2.88 bits per heavy atom. The van der Waals surface area contributed by atoms with Gasteiger partial charge in [-0.2, -0.15) is 18.3 Å². The minimum absolute atomic E-state index is 0.285. The first kappa shape index (κ1) is 12.4. The summed E-state index contributed by atoms with van der Waals surface area (Å²) in [7, 11) is 0. The van der Waals surface area contributed by atoms with Crippen molar-refractivity contribution in [3.63, 3.8) is 0 Å². The van der Waals surface area contributed by atoms with E-state index in [9.17, 15) is 13.2 Å². The second-order valence-electron chi connectivity index (χ2n) is 4.24. The molecule has 2 rings (SSSR count). The normalized spacial score (nSPS) is 21.0. The number of rotatable bonds is 4. The largest absolute Gasteiger partial charge is 0.435 e. The van der Waals surface area contributed by atoms with E-state index in [-0.39, 0.29) is 6.10 Å². The monoisotopic (exact) mass is 248 g/mol. The fourth-order valence-electron chi connectivity index (χ4n) is 1.99. The van der Waals surface area contributed by atoms with Crippen LogP contribution >= 0.6 is 0 Å². The highest BCUT2D eigenvalue weighted by Crippen LogP contribution is 2.27. The Morgan fingerprint density at radius 2 is 2.29 bits per heavy atom. The van der Waals surface area contributed by atoms with Gasteiger partial charge in [-0.1, -0.05) is 0 Å². The molecule has 0 amide bonds. The van der Waals surface area contributed by atoms with E-state index in [1.54, 1.807) is 0 Å². The van der Waals surface area contributed by atoms with E-state index in [4.69, 9.17) is 4.74 Å². The summed E-state index contributed by atoms with van der Waals surface area (Å²) in [6, 6.07) is 1.01. The van der Waals surface area contributed by atoms with E-state index < -0.39 is 11.9 Å². The molecule has 1 atom stereocenters. The van der Waals surface area contributed by atoms with E-state index in [1.165, 1.54) is 10.9 Å². The summed E-state index contributed by atoms with van der Waals surface area (Å²) in [5, 5.41) is 3.50. The molecule has 6 heteroatoms. The van der Waals surface area contributed by atoms with Crippen LogP contribution in [0.25, 0.3) is 0 Å². The predicted octanol–water partition coefficient (Wildman–Crippen LogP) is 2.86. The van der Waals surface area contributed by atoms with Gasteiger partial charge in [0.2, 0.25) is 0 Å². The predicted molar refractivity (Wildman–Crippen MR) is 55.4 cm³/mol. The lowest BCUT2D eigenvalue weighted by Gasteiger charge is -2.08. The van der Waals surface area contributed by atoms with Crippen molar-refractivity contribution in [2.24, 2.45) is 0 Å². The Labute approximate surface area is 97.6 Å². The van der Waals surface area contributed by atoms with E-state index in [2.05, 4.69) is 5.10 Å². The molecular formula is C11H15F3N2O. The molecule has 96 valence electrons. The van der Waals surface area contributed by atoms with Gasteiger partial charge in [-0.25, -0.2) is 0 Å². The molecular weight excluding hydrogens is 233 g/mol. The number of ether oxygens (including phenoxy) is 1. The average Bonchev–Trinajstić information content (AvgIpc) is 2.86. The summed E-state index contributed by atoms with van der Waals surface area (Å²) in [5.41, 5.74) is -0.824. The third-order valence-electron chi connectivity index (χ3n) is 2.87. The van der Waals surface area contributed by atoms with Gasteiger partial charge in [-0.05, 0) is 31.7 Å². The number of aryl methyl sites for hydroxylation is 1. The van der Waals surface area contributed by atoms with Gasteiger partial charge < -0.3 is 4.74 Å². The first-order valence-electron chi connectivity index (χ1n) is 5.78. The SMILES string of the molecule is FC(F)(F)c1ccn(CCCC2CCCO2)n1. The minimum Gasteiger partial charge on any atom is -0.378 e. The first-order valence-corrected chi connectivity index (χ1v) is 5.78. The zero-order valence-corrected chi connectivity index (χ0v) is 9.41. The van der Waals surface area contributed by atoms with Gasteiger partial charge in [0.15, 0.2) is 5.69 Å². The number of nitrogens with zero attached hydrogens (tertiary/aromatic N) is 2. The molecule has 0 aromatic carbocycles. The topological polar surface area (TPSA) is 27.1 Å². The zero-order chi connectivity index (χ0) is 12.3. The summed E-state index contributed by atoms with van der Waals surface area (Å²) in [5.74, 6) is 0. The maximum atomic E-state index is 12.3. The Hall–Kier alpha value is -1.04. The van der Waals surface area contributed by atoms with Crippen molar-refractivity contribution in [1.29, 1.82) is 0 Å². The summed E-state index contributed by atoms with van der Waals surface area (Å²) in [4.78, 5) is 0. The van der Waals surface area contributed by atoms with Gasteiger partial charge in [-0.15, -0.1) is 0 Å². The van der Waals surface area contributed by atoms with Gasteiger partial charge in [-0.3, -0.25) is 4.68 Å². The molecule has 0 aliphatic carbocycles. The van der Waals surface area contributed by atoms with E-state index in [0.717, 1.165) is 38.4 Å². The van der Waals surface area contributed by atoms with Crippen molar-refractivity contribution < 1.29 is 17.9 Å². The summed E-state index contributed by atoms with van der Waals surface area (Å²) in [6.45, 7) is 1.32. The van der Waals surface area contributed by atoms with Crippen LogP contribution in [0.1, 0.15) is 31.4 Å². The van der Waals surface area contributed by atoms with Crippen LogP contribution in [-0.4, -0.2) is 22.5 Å². The third kappa shape index (κ3) is 3.46. The number of halogens is 3. The Kier molecular flexibility index (Phi) is 3.71. The second kappa shape index (κ2) is 5.08. The Morgan fingerprint density at radius 1 is 1.47 bits per heavy atom. The second-order valence-corrected chi connectivity index (χ2v) is 4.24. The third-order valence-corrected chi connectivity index (χ3v) is 2.87. The molecule has 0 bridgehead atoms. The van der Waals surface area contributed by atoms with Crippen molar-refractivity contribution >= 4 is 0 Å². The highest BCUT2D eigenvalue weighted by atomic mass is 19.4. The lowest BCUT2D eigenvalue weighted by atomic mass is 10.1. The van der Waals surface area contributed by atoms with Crippen molar-refractivity contribution in [3.8, 4) is 0 Å². The van der Waals surface area contributed by atoms with Gasteiger partial charge >= 0.3 is 6.18 Å². The molecule has 0 saturated carbocycles. The van der Waals surface area contributed by atoms with Crippen LogP contribution in [0.3, 0.4) is 0 Å². The lowest BCUT2D eigenvalue weighted by molar-refractivity contribution is -0.141. The minimum atomic E-state index is -4.35. The zero-order valence-electron chi connectivity index (χ0n) is 9.41. The molecule has 0 radical (unpaired) electrons. The fraction of sp³-hybridized carbons (Fsp3) is 0.727. The molecule has 1 aliphatic heterocycles. The summed E-state index contributed by atoms with van der Waals surface area (Å²) in [6.07, 6.45) is 1.15. The maximum absolute atomic E-state index is 12.3. The quantitative estimate of drug-likeness (QED) is 0.819. The number of alkyl halides is 3. The Balaban J connectivity index is 1.77. The van der Waals surface area contributed by atoms with E-state index in [1.807, 2.05) is 0 Å². The lowest BCUT2D eigenvalue weighted by Crippen LogP contribution is -2.10. The smallest absolute Gasteiger partial charge is 0.378 e.